The number of carbonyl (C=O) groups excluding carboxylic acids is 1. The third kappa shape index (κ3) is 3.82. The molecule has 0 saturated carbocycles. The molecular formula is C20H23N3O. The lowest BCUT2D eigenvalue weighted by atomic mass is 9.90. The van der Waals surface area contributed by atoms with Crippen molar-refractivity contribution in [2.24, 2.45) is 5.10 Å². The van der Waals surface area contributed by atoms with Crippen LogP contribution in [0.15, 0.2) is 47.6 Å². The Hall–Kier alpha value is -2.62. The van der Waals surface area contributed by atoms with Crippen molar-refractivity contribution in [3.63, 3.8) is 0 Å². The largest absolute Gasteiger partial charge is 0.376 e. The molecule has 1 aliphatic carbocycles. The van der Waals surface area contributed by atoms with Crippen molar-refractivity contribution in [3.8, 4) is 0 Å². The maximum absolute atomic E-state index is 12.1. The third-order valence-corrected chi connectivity index (χ3v) is 4.32. The highest BCUT2D eigenvalue weighted by molar-refractivity contribution is 6.03. The van der Waals surface area contributed by atoms with Crippen LogP contribution in [0.3, 0.4) is 0 Å². The molecule has 0 atom stereocenters. The maximum Gasteiger partial charge on any atom is 0.259 e. The highest BCUT2D eigenvalue weighted by Gasteiger charge is 2.15. The molecule has 0 fully saturated rings. The second kappa shape index (κ2) is 7.30. The van der Waals surface area contributed by atoms with E-state index in [4.69, 9.17) is 0 Å². The molecule has 1 amide bonds. The standard InChI is InChI=1S/C20H23N3O/c1-14-10-11-18(15(2)12-14)21-13-20(24)23-22-19-9-5-7-16-6-3-4-8-17(16)19/h3-4,6,8,10-12,21H,5,7,9,13H2,1-2H3,(H,23,24). The summed E-state index contributed by atoms with van der Waals surface area (Å²) < 4.78 is 0. The van der Waals surface area contributed by atoms with E-state index >= 15 is 0 Å². The van der Waals surface area contributed by atoms with Gasteiger partial charge in [-0.15, -0.1) is 0 Å². The number of benzene rings is 2. The smallest absolute Gasteiger partial charge is 0.259 e. The summed E-state index contributed by atoms with van der Waals surface area (Å²) in [7, 11) is 0. The van der Waals surface area contributed by atoms with Crippen LogP contribution in [0.25, 0.3) is 0 Å². The van der Waals surface area contributed by atoms with Gasteiger partial charge in [-0.1, -0.05) is 42.0 Å². The number of anilines is 1. The zero-order valence-electron chi connectivity index (χ0n) is 14.2. The summed E-state index contributed by atoms with van der Waals surface area (Å²) >= 11 is 0. The van der Waals surface area contributed by atoms with Gasteiger partial charge in [0.1, 0.15) is 0 Å². The van der Waals surface area contributed by atoms with Crippen molar-refractivity contribution < 1.29 is 4.79 Å². The lowest BCUT2D eigenvalue weighted by Crippen LogP contribution is -2.28. The van der Waals surface area contributed by atoms with Gasteiger partial charge in [-0.25, -0.2) is 5.43 Å². The average Bonchev–Trinajstić information content (AvgIpc) is 2.59. The van der Waals surface area contributed by atoms with Crippen LogP contribution in [0.5, 0.6) is 0 Å². The summed E-state index contributed by atoms with van der Waals surface area (Å²) in [5, 5.41) is 7.52. The number of carbonyl (C=O) groups is 1. The second-order valence-electron chi connectivity index (χ2n) is 6.28. The number of nitrogens with zero attached hydrogens (tertiary/aromatic N) is 1. The second-order valence-corrected chi connectivity index (χ2v) is 6.28. The van der Waals surface area contributed by atoms with Crippen molar-refractivity contribution >= 4 is 17.3 Å². The van der Waals surface area contributed by atoms with E-state index < -0.39 is 0 Å². The van der Waals surface area contributed by atoms with Crippen LogP contribution in [0.2, 0.25) is 0 Å². The molecule has 3 rings (SSSR count). The molecule has 0 aliphatic heterocycles. The lowest BCUT2D eigenvalue weighted by molar-refractivity contribution is -0.119. The summed E-state index contributed by atoms with van der Waals surface area (Å²) in [4.78, 5) is 12.1. The first-order valence-electron chi connectivity index (χ1n) is 8.38. The van der Waals surface area contributed by atoms with Gasteiger partial charge in [-0.3, -0.25) is 4.79 Å². The lowest BCUT2D eigenvalue weighted by Gasteiger charge is -2.17. The van der Waals surface area contributed by atoms with E-state index in [1.807, 2.05) is 31.2 Å². The van der Waals surface area contributed by atoms with Gasteiger partial charge in [-0.05, 0) is 50.3 Å². The SMILES string of the molecule is Cc1ccc(NCC(=O)NN=C2CCCc3ccccc32)c(C)c1. The Labute approximate surface area is 143 Å². The van der Waals surface area contributed by atoms with Crippen molar-refractivity contribution in [2.45, 2.75) is 33.1 Å². The zero-order chi connectivity index (χ0) is 16.9. The van der Waals surface area contributed by atoms with E-state index in [-0.39, 0.29) is 12.5 Å². The van der Waals surface area contributed by atoms with E-state index in [1.54, 1.807) is 0 Å². The van der Waals surface area contributed by atoms with Crippen molar-refractivity contribution in [2.75, 3.05) is 11.9 Å². The molecule has 4 nitrogen and oxygen atoms in total. The van der Waals surface area contributed by atoms with Gasteiger partial charge in [0.15, 0.2) is 0 Å². The molecule has 0 spiro atoms. The van der Waals surface area contributed by atoms with E-state index in [9.17, 15) is 4.79 Å². The molecule has 1 aliphatic rings. The first-order valence-corrected chi connectivity index (χ1v) is 8.38. The molecule has 0 saturated heterocycles. The number of nitrogens with one attached hydrogen (secondary N) is 2. The number of aryl methyl sites for hydroxylation is 3. The number of hydrogen-bond acceptors (Lipinski definition) is 3. The fourth-order valence-electron chi connectivity index (χ4n) is 3.07. The molecule has 24 heavy (non-hydrogen) atoms. The Kier molecular flexibility index (Phi) is 4.94. The van der Waals surface area contributed by atoms with Gasteiger partial charge in [0, 0.05) is 11.3 Å². The van der Waals surface area contributed by atoms with Crippen molar-refractivity contribution in [3.05, 3.63) is 64.7 Å². The number of fused-ring (bicyclic) bond motifs is 1. The average molecular weight is 321 g/mol. The Balaban J connectivity index is 1.60. The molecule has 2 N–H and O–H groups in total. The summed E-state index contributed by atoms with van der Waals surface area (Å²) in [6, 6.07) is 14.4. The number of amides is 1. The van der Waals surface area contributed by atoms with Crippen LogP contribution < -0.4 is 10.7 Å². The normalized spacial score (nSPS) is 15.0. The predicted molar refractivity (Wildman–Crippen MR) is 98.5 cm³/mol. The zero-order valence-corrected chi connectivity index (χ0v) is 14.2. The monoisotopic (exact) mass is 321 g/mol. The van der Waals surface area contributed by atoms with Crippen LogP contribution in [0.1, 0.15) is 35.1 Å². The van der Waals surface area contributed by atoms with Crippen LogP contribution in [0.4, 0.5) is 5.69 Å². The highest BCUT2D eigenvalue weighted by atomic mass is 16.2. The Morgan fingerprint density at radius 3 is 2.79 bits per heavy atom. The molecule has 0 radical (unpaired) electrons. The van der Waals surface area contributed by atoms with Crippen LogP contribution in [0, 0.1) is 13.8 Å². The van der Waals surface area contributed by atoms with Gasteiger partial charge < -0.3 is 5.32 Å². The summed E-state index contributed by atoms with van der Waals surface area (Å²) in [5.74, 6) is -0.134. The first-order chi connectivity index (χ1) is 11.6. The summed E-state index contributed by atoms with van der Waals surface area (Å²) in [6.07, 6.45) is 3.06. The van der Waals surface area contributed by atoms with E-state index in [1.165, 1.54) is 11.1 Å². The van der Waals surface area contributed by atoms with Crippen LogP contribution in [-0.2, 0) is 11.2 Å². The molecule has 0 aromatic heterocycles. The molecule has 0 bridgehead atoms. The summed E-state index contributed by atoms with van der Waals surface area (Å²) in [6.45, 7) is 4.30. The van der Waals surface area contributed by atoms with Gasteiger partial charge >= 0.3 is 0 Å². The van der Waals surface area contributed by atoms with Gasteiger partial charge in [-0.2, -0.15) is 5.10 Å². The maximum atomic E-state index is 12.1. The molecule has 2 aromatic rings. The predicted octanol–water partition coefficient (Wildman–Crippen LogP) is 3.57. The van der Waals surface area contributed by atoms with E-state index in [2.05, 4.69) is 41.0 Å². The first kappa shape index (κ1) is 16.2. The molecule has 0 unspecified atom stereocenters. The summed E-state index contributed by atoms with van der Waals surface area (Å²) in [5.41, 5.74) is 9.44. The van der Waals surface area contributed by atoms with Crippen molar-refractivity contribution in [1.29, 1.82) is 0 Å². The minimum absolute atomic E-state index is 0.134. The fourth-order valence-corrected chi connectivity index (χ4v) is 3.07. The number of hydrogen-bond donors (Lipinski definition) is 2. The minimum atomic E-state index is -0.134. The molecular weight excluding hydrogens is 298 g/mol. The van der Waals surface area contributed by atoms with Gasteiger partial charge in [0.2, 0.25) is 0 Å². The molecule has 0 heterocycles. The topological polar surface area (TPSA) is 53.5 Å². The highest BCUT2D eigenvalue weighted by Crippen LogP contribution is 2.21. The van der Waals surface area contributed by atoms with Gasteiger partial charge in [0.25, 0.3) is 5.91 Å². The fraction of sp³-hybridized carbons (Fsp3) is 0.300. The van der Waals surface area contributed by atoms with Gasteiger partial charge in [0.05, 0.1) is 12.3 Å². The quantitative estimate of drug-likeness (QED) is 0.846. The number of rotatable bonds is 4. The minimum Gasteiger partial charge on any atom is -0.376 e. The molecule has 124 valence electrons. The Bertz CT molecular complexity index is 780. The Morgan fingerprint density at radius 2 is 1.96 bits per heavy atom. The number of hydrazone groups is 1. The van der Waals surface area contributed by atoms with Crippen LogP contribution in [-0.4, -0.2) is 18.2 Å². The molecule has 4 heteroatoms. The van der Waals surface area contributed by atoms with Crippen LogP contribution >= 0.6 is 0 Å². The van der Waals surface area contributed by atoms with Crippen molar-refractivity contribution in [1.82, 2.24) is 5.43 Å². The molecule has 2 aromatic carbocycles. The Morgan fingerprint density at radius 1 is 1.12 bits per heavy atom. The van der Waals surface area contributed by atoms with E-state index in [0.29, 0.717) is 0 Å². The van der Waals surface area contributed by atoms with E-state index in [0.717, 1.165) is 41.8 Å². The third-order valence-electron chi connectivity index (χ3n) is 4.32.